The first-order valence-electron chi connectivity index (χ1n) is 6.34. The third kappa shape index (κ3) is 3.27. The number of hydrogen-bond donors (Lipinski definition) is 1. The number of ether oxygens (including phenoxy) is 1. The molecule has 100 valence electrons. The van der Waals surface area contributed by atoms with Crippen LogP contribution >= 0.6 is 27.5 Å². The number of rotatable bonds is 4. The number of likely N-dealkylation sites (N-methyl/N-ethyl adjacent to an activating group) is 1. The summed E-state index contributed by atoms with van der Waals surface area (Å²) in [7, 11) is 2.02. The van der Waals surface area contributed by atoms with E-state index in [2.05, 4.69) is 34.2 Å². The van der Waals surface area contributed by atoms with Gasteiger partial charge in [-0.3, -0.25) is 0 Å². The molecule has 18 heavy (non-hydrogen) atoms. The molecule has 0 aliphatic carbocycles. The fourth-order valence-corrected chi connectivity index (χ4v) is 3.42. The zero-order chi connectivity index (χ0) is 13.1. The summed E-state index contributed by atoms with van der Waals surface area (Å²) in [4.78, 5) is 0. The highest BCUT2D eigenvalue weighted by atomic mass is 79.9. The maximum atomic E-state index is 6.28. The summed E-state index contributed by atoms with van der Waals surface area (Å²) < 4.78 is 6.68. The van der Waals surface area contributed by atoms with Crippen molar-refractivity contribution in [3.63, 3.8) is 0 Å². The minimum Gasteiger partial charge on any atom is -0.378 e. The maximum Gasteiger partial charge on any atom is 0.0590 e. The molecule has 0 radical (unpaired) electrons. The van der Waals surface area contributed by atoms with Gasteiger partial charge in [0.1, 0.15) is 0 Å². The fraction of sp³-hybridized carbons (Fsp3) is 0.571. The highest BCUT2D eigenvalue weighted by Crippen LogP contribution is 2.28. The average Bonchev–Trinajstić information content (AvgIpc) is 2.75. The van der Waals surface area contributed by atoms with Gasteiger partial charge in [-0.05, 0) is 44.5 Å². The van der Waals surface area contributed by atoms with E-state index in [0.29, 0.717) is 18.1 Å². The van der Waals surface area contributed by atoms with Crippen molar-refractivity contribution < 1.29 is 4.74 Å². The Hall–Kier alpha value is -0.0900. The standard InChI is InChI=1S/C14H19BrClNO/c1-9-12(5-6-18-9)14(17-2)7-10-3-4-11(15)8-13(10)16/h3-4,8-9,12,14,17H,5-7H2,1-2H3. The van der Waals surface area contributed by atoms with Gasteiger partial charge in [0, 0.05) is 28.1 Å². The Kier molecular flexibility index (Phi) is 5.07. The largest absolute Gasteiger partial charge is 0.378 e. The predicted molar refractivity (Wildman–Crippen MR) is 79.2 cm³/mol. The zero-order valence-electron chi connectivity index (χ0n) is 10.7. The Morgan fingerprint density at radius 1 is 1.56 bits per heavy atom. The molecule has 3 unspecified atom stereocenters. The molecular formula is C14H19BrClNO. The van der Waals surface area contributed by atoms with E-state index in [1.54, 1.807) is 0 Å². The smallest absolute Gasteiger partial charge is 0.0590 e. The Morgan fingerprint density at radius 3 is 2.89 bits per heavy atom. The second kappa shape index (κ2) is 6.38. The molecule has 1 fully saturated rings. The Bertz CT molecular complexity index is 413. The van der Waals surface area contributed by atoms with Crippen LogP contribution in [-0.4, -0.2) is 25.8 Å². The molecule has 1 aromatic carbocycles. The summed E-state index contributed by atoms with van der Waals surface area (Å²) >= 11 is 9.72. The number of benzene rings is 1. The quantitative estimate of drug-likeness (QED) is 0.908. The molecule has 1 heterocycles. The summed E-state index contributed by atoms with van der Waals surface area (Å²) in [5, 5.41) is 4.24. The van der Waals surface area contributed by atoms with Crippen LogP contribution in [0.25, 0.3) is 0 Å². The highest BCUT2D eigenvalue weighted by Gasteiger charge is 2.31. The lowest BCUT2D eigenvalue weighted by atomic mass is 9.89. The zero-order valence-corrected chi connectivity index (χ0v) is 13.1. The molecule has 2 rings (SSSR count). The van der Waals surface area contributed by atoms with Gasteiger partial charge in [-0.1, -0.05) is 33.6 Å². The minimum absolute atomic E-state index is 0.330. The minimum atomic E-state index is 0.330. The molecule has 1 N–H and O–H groups in total. The van der Waals surface area contributed by atoms with Crippen LogP contribution in [-0.2, 0) is 11.2 Å². The van der Waals surface area contributed by atoms with Gasteiger partial charge in [0.2, 0.25) is 0 Å². The van der Waals surface area contributed by atoms with Gasteiger partial charge in [-0.25, -0.2) is 0 Å². The molecule has 3 atom stereocenters. The van der Waals surface area contributed by atoms with E-state index < -0.39 is 0 Å². The summed E-state index contributed by atoms with van der Waals surface area (Å²) in [6, 6.07) is 6.51. The third-order valence-electron chi connectivity index (χ3n) is 3.78. The fourth-order valence-electron chi connectivity index (χ4n) is 2.67. The lowest BCUT2D eigenvalue weighted by Crippen LogP contribution is -2.38. The van der Waals surface area contributed by atoms with Gasteiger partial charge in [0.05, 0.1) is 6.10 Å². The van der Waals surface area contributed by atoms with E-state index in [-0.39, 0.29) is 0 Å². The van der Waals surface area contributed by atoms with Crippen LogP contribution < -0.4 is 5.32 Å². The molecule has 1 aliphatic rings. The van der Waals surface area contributed by atoms with Gasteiger partial charge in [-0.15, -0.1) is 0 Å². The van der Waals surface area contributed by atoms with Crippen LogP contribution in [0.3, 0.4) is 0 Å². The van der Waals surface area contributed by atoms with Crippen molar-refractivity contribution in [3.05, 3.63) is 33.3 Å². The van der Waals surface area contributed by atoms with E-state index in [0.717, 1.165) is 28.9 Å². The predicted octanol–water partition coefficient (Wildman–Crippen LogP) is 3.66. The van der Waals surface area contributed by atoms with Crippen molar-refractivity contribution in [2.75, 3.05) is 13.7 Å². The van der Waals surface area contributed by atoms with Crippen LogP contribution in [0.2, 0.25) is 5.02 Å². The Morgan fingerprint density at radius 2 is 2.33 bits per heavy atom. The molecule has 0 aromatic heterocycles. The maximum absolute atomic E-state index is 6.28. The van der Waals surface area contributed by atoms with E-state index >= 15 is 0 Å². The molecule has 1 saturated heterocycles. The summed E-state index contributed by atoms with van der Waals surface area (Å²) in [5.74, 6) is 0.565. The Balaban J connectivity index is 2.10. The van der Waals surface area contributed by atoms with Crippen LogP contribution in [0.4, 0.5) is 0 Å². The highest BCUT2D eigenvalue weighted by molar-refractivity contribution is 9.10. The van der Waals surface area contributed by atoms with E-state index in [4.69, 9.17) is 16.3 Å². The van der Waals surface area contributed by atoms with Crippen molar-refractivity contribution in [1.82, 2.24) is 5.32 Å². The van der Waals surface area contributed by atoms with Crippen LogP contribution in [0.1, 0.15) is 18.9 Å². The molecule has 0 saturated carbocycles. The average molecular weight is 333 g/mol. The number of nitrogens with one attached hydrogen (secondary N) is 1. The van der Waals surface area contributed by atoms with Crippen molar-refractivity contribution in [1.29, 1.82) is 0 Å². The molecule has 1 aromatic rings. The van der Waals surface area contributed by atoms with Crippen molar-refractivity contribution in [3.8, 4) is 0 Å². The summed E-state index contributed by atoms with van der Waals surface area (Å²) in [6.45, 7) is 3.03. The van der Waals surface area contributed by atoms with Gasteiger partial charge in [0.15, 0.2) is 0 Å². The van der Waals surface area contributed by atoms with Crippen LogP contribution in [0.5, 0.6) is 0 Å². The summed E-state index contributed by atoms with van der Waals surface area (Å²) in [5.41, 5.74) is 1.19. The third-order valence-corrected chi connectivity index (χ3v) is 4.62. The van der Waals surface area contributed by atoms with Gasteiger partial charge < -0.3 is 10.1 Å². The van der Waals surface area contributed by atoms with Gasteiger partial charge >= 0.3 is 0 Å². The normalized spacial score (nSPS) is 25.3. The molecule has 0 amide bonds. The lowest BCUT2D eigenvalue weighted by molar-refractivity contribution is 0.0963. The molecular weight excluding hydrogens is 314 g/mol. The SMILES string of the molecule is CNC(Cc1ccc(Br)cc1Cl)C1CCOC1C. The topological polar surface area (TPSA) is 21.3 Å². The monoisotopic (exact) mass is 331 g/mol. The van der Waals surface area contributed by atoms with Gasteiger partial charge in [-0.2, -0.15) is 0 Å². The van der Waals surface area contributed by atoms with Crippen molar-refractivity contribution in [2.45, 2.75) is 31.9 Å². The van der Waals surface area contributed by atoms with Gasteiger partial charge in [0.25, 0.3) is 0 Å². The first kappa shape index (κ1) is 14.3. The number of hydrogen-bond acceptors (Lipinski definition) is 2. The van der Waals surface area contributed by atoms with Crippen molar-refractivity contribution >= 4 is 27.5 Å². The van der Waals surface area contributed by atoms with E-state index in [9.17, 15) is 0 Å². The summed E-state index contributed by atoms with van der Waals surface area (Å²) in [6.07, 6.45) is 2.40. The first-order chi connectivity index (χ1) is 8.61. The molecule has 1 aliphatic heterocycles. The van der Waals surface area contributed by atoms with Crippen molar-refractivity contribution in [2.24, 2.45) is 5.92 Å². The van der Waals surface area contributed by atoms with Crippen LogP contribution in [0, 0.1) is 5.92 Å². The van der Waals surface area contributed by atoms with Crippen LogP contribution in [0.15, 0.2) is 22.7 Å². The van der Waals surface area contributed by atoms with E-state index in [1.807, 2.05) is 19.2 Å². The Labute approximate surface area is 122 Å². The lowest BCUT2D eigenvalue weighted by Gasteiger charge is -2.26. The molecule has 0 bridgehead atoms. The number of halogens is 2. The second-order valence-electron chi connectivity index (χ2n) is 4.86. The van der Waals surface area contributed by atoms with E-state index in [1.165, 1.54) is 5.56 Å². The molecule has 4 heteroatoms. The first-order valence-corrected chi connectivity index (χ1v) is 7.51. The molecule has 0 spiro atoms. The molecule has 2 nitrogen and oxygen atoms in total. The second-order valence-corrected chi connectivity index (χ2v) is 6.19.